The quantitative estimate of drug-likeness (QED) is 0.114. The number of methoxy groups -OCH3 is 1. The Hall–Kier alpha value is -6.05. The van der Waals surface area contributed by atoms with E-state index in [1.165, 1.54) is 7.11 Å². The Morgan fingerprint density at radius 2 is 0.980 bits per heavy atom. The van der Waals surface area contributed by atoms with Crippen LogP contribution in [0.5, 0.6) is 28.7 Å². The minimum atomic E-state index is -0.953. The van der Waals surface area contributed by atoms with Gasteiger partial charge in [0.2, 0.25) is 5.78 Å². The molecule has 1 heterocycles. The Labute approximate surface area is 297 Å². The number of carbonyl (C=O) groups is 1. The van der Waals surface area contributed by atoms with Crippen LogP contribution in [0.1, 0.15) is 44.3 Å². The summed E-state index contributed by atoms with van der Waals surface area (Å²) >= 11 is 0. The molecule has 0 amide bonds. The molecule has 1 aliphatic heterocycles. The fourth-order valence-electron chi connectivity index (χ4n) is 5.93. The first-order valence-electron chi connectivity index (χ1n) is 16.9. The van der Waals surface area contributed by atoms with Crippen molar-refractivity contribution >= 4 is 5.78 Å². The summed E-state index contributed by atoms with van der Waals surface area (Å²) < 4.78 is 37.6. The Balaban J connectivity index is 1.21. The van der Waals surface area contributed by atoms with Gasteiger partial charge in [-0.3, -0.25) is 4.79 Å². The van der Waals surface area contributed by atoms with Gasteiger partial charge in [0.15, 0.2) is 23.7 Å². The molecule has 0 aromatic heterocycles. The summed E-state index contributed by atoms with van der Waals surface area (Å²) in [6.45, 7) is 1.29. The molecule has 7 nitrogen and oxygen atoms in total. The zero-order chi connectivity index (χ0) is 34.8. The van der Waals surface area contributed by atoms with Crippen LogP contribution in [-0.2, 0) is 31.2 Å². The first-order valence-corrected chi connectivity index (χ1v) is 16.9. The maximum atomic E-state index is 14.3. The van der Waals surface area contributed by atoms with E-state index in [1.807, 2.05) is 140 Å². The van der Waals surface area contributed by atoms with Crippen molar-refractivity contribution in [3.05, 3.63) is 185 Å². The maximum Gasteiger partial charge on any atom is 0.203 e. The van der Waals surface area contributed by atoms with Crippen LogP contribution in [0.2, 0.25) is 0 Å². The van der Waals surface area contributed by atoms with E-state index in [-0.39, 0.29) is 12.4 Å². The van der Waals surface area contributed by atoms with Crippen LogP contribution in [0.4, 0.5) is 0 Å². The molecule has 0 aliphatic carbocycles. The van der Waals surface area contributed by atoms with E-state index in [9.17, 15) is 4.79 Å². The number of carbonyl (C=O) groups excluding carboxylic acids is 1. The summed E-state index contributed by atoms with van der Waals surface area (Å²) in [5.74, 6) is 2.07. The van der Waals surface area contributed by atoms with Crippen molar-refractivity contribution in [1.29, 1.82) is 0 Å². The van der Waals surface area contributed by atoms with Crippen LogP contribution < -0.4 is 23.7 Å². The van der Waals surface area contributed by atoms with Gasteiger partial charge in [-0.25, -0.2) is 0 Å². The van der Waals surface area contributed by atoms with Gasteiger partial charge in [-0.1, -0.05) is 127 Å². The zero-order valence-electron chi connectivity index (χ0n) is 28.3. The second-order valence-corrected chi connectivity index (χ2v) is 12.2. The number of fused-ring (bicyclic) bond motifs is 1. The predicted molar refractivity (Wildman–Crippen MR) is 194 cm³/mol. The molecule has 0 spiro atoms. The van der Waals surface area contributed by atoms with E-state index >= 15 is 0 Å². The first-order chi connectivity index (χ1) is 25.1. The molecule has 0 saturated heterocycles. The molecule has 0 radical (unpaired) electrons. The van der Waals surface area contributed by atoms with Gasteiger partial charge in [-0.15, -0.1) is 0 Å². The molecule has 7 heteroatoms. The molecule has 2 atom stereocenters. The number of rotatable bonds is 14. The zero-order valence-corrected chi connectivity index (χ0v) is 28.3. The number of Topliss-reactive ketones (excluding diaryl/α,β-unsaturated/α-hetero) is 1. The van der Waals surface area contributed by atoms with Crippen molar-refractivity contribution in [1.82, 2.24) is 0 Å². The fourth-order valence-corrected chi connectivity index (χ4v) is 5.93. The topological polar surface area (TPSA) is 72.5 Å². The summed E-state index contributed by atoms with van der Waals surface area (Å²) in [7, 11) is 1.51. The summed E-state index contributed by atoms with van der Waals surface area (Å²) in [5, 5.41) is 0. The van der Waals surface area contributed by atoms with Gasteiger partial charge < -0.3 is 28.4 Å². The van der Waals surface area contributed by atoms with E-state index in [2.05, 4.69) is 0 Å². The van der Waals surface area contributed by atoms with Gasteiger partial charge >= 0.3 is 0 Å². The lowest BCUT2D eigenvalue weighted by Gasteiger charge is -2.33. The van der Waals surface area contributed by atoms with Crippen molar-refractivity contribution < 1.29 is 33.2 Å². The standard InChI is InChI=1S/C44H38O7/c1-46-44-42(45)41-39(50-30-34-20-12-5-13-21-34)25-36(47-27-31-14-6-2-7-15-31)26-40(41)51-43(44)35-22-23-37(48-28-32-16-8-3-9-17-32)38(24-35)49-29-33-18-10-4-11-19-33/h2-26,43-44H,27-30H2,1H3/t43-,44-/m1/s1. The molecule has 7 rings (SSSR count). The highest BCUT2D eigenvalue weighted by Crippen LogP contribution is 2.45. The van der Waals surface area contributed by atoms with E-state index in [4.69, 9.17) is 28.4 Å². The lowest BCUT2D eigenvalue weighted by atomic mass is 9.92. The maximum absolute atomic E-state index is 14.3. The summed E-state index contributed by atoms with van der Waals surface area (Å²) in [4.78, 5) is 14.3. The van der Waals surface area contributed by atoms with E-state index in [1.54, 1.807) is 12.1 Å². The average Bonchev–Trinajstić information content (AvgIpc) is 3.19. The smallest absolute Gasteiger partial charge is 0.203 e. The molecular weight excluding hydrogens is 640 g/mol. The third-order valence-corrected chi connectivity index (χ3v) is 8.58. The van der Waals surface area contributed by atoms with Crippen LogP contribution in [0.3, 0.4) is 0 Å². The summed E-state index contributed by atoms with van der Waals surface area (Å²) in [6.07, 6.45) is -1.74. The van der Waals surface area contributed by atoms with Crippen molar-refractivity contribution in [2.24, 2.45) is 0 Å². The number of benzene rings is 6. The van der Waals surface area contributed by atoms with Crippen molar-refractivity contribution in [2.75, 3.05) is 7.11 Å². The third-order valence-electron chi connectivity index (χ3n) is 8.58. The molecule has 6 aromatic carbocycles. The monoisotopic (exact) mass is 678 g/mol. The van der Waals surface area contributed by atoms with Gasteiger partial charge in [0, 0.05) is 19.2 Å². The van der Waals surface area contributed by atoms with Crippen molar-refractivity contribution in [3.63, 3.8) is 0 Å². The third kappa shape index (κ3) is 8.23. The lowest BCUT2D eigenvalue weighted by molar-refractivity contribution is -0.00138. The molecule has 1 aliphatic rings. The van der Waals surface area contributed by atoms with Crippen molar-refractivity contribution in [3.8, 4) is 28.7 Å². The number of hydrogen-bond donors (Lipinski definition) is 0. The Morgan fingerprint density at radius 3 is 1.49 bits per heavy atom. The average molecular weight is 679 g/mol. The fraction of sp³-hybridized carbons (Fsp3) is 0.159. The van der Waals surface area contributed by atoms with Crippen LogP contribution in [0.25, 0.3) is 0 Å². The Bertz CT molecular complexity index is 2030. The molecule has 0 bridgehead atoms. The molecule has 0 fully saturated rings. The lowest BCUT2D eigenvalue weighted by Crippen LogP contribution is -2.38. The molecule has 0 unspecified atom stereocenters. The van der Waals surface area contributed by atoms with Gasteiger partial charge in [0.05, 0.1) is 0 Å². The second kappa shape index (κ2) is 16.1. The van der Waals surface area contributed by atoms with Gasteiger partial charge in [-0.2, -0.15) is 0 Å². The molecular formula is C44H38O7. The first kappa shape index (κ1) is 33.4. The number of hydrogen-bond acceptors (Lipinski definition) is 7. The molecule has 0 N–H and O–H groups in total. The predicted octanol–water partition coefficient (Wildman–Crippen LogP) is 9.33. The normalized spacial score (nSPS) is 15.0. The van der Waals surface area contributed by atoms with Crippen molar-refractivity contribution in [2.45, 2.75) is 38.6 Å². The summed E-state index contributed by atoms with van der Waals surface area (Å²) in [6, 6.07) is 48.6. The highest BCUT2D eigenvalue weighted by Gasteiger charge is 2.41. The minimum absolute atomic E-state index is 0.252. The van der Waals surface area contributed by atoms with Gasteiger partial charge in [-0.05, 0) is 39.9 Å². The summed E-state index contributed by atoms with van der Waals surface area (Å²) in [5.41, 5.74) is 5.01. The van der Waals surface area contributed by atoms with Gasteiger partial charge in [0.1, 0.15) is 49.2 Å². The molecule has 256 valence electrons. The van der Waals surface area contributed by atoms with Gasteiger partial charge in [0.25, 0.3) is 0 Å². The van der Waals surface area contributed by atoms with Crippen LogP contribution >= 0.6 is 0 Å². The van der Waals surface area contributed by atoms with Crippen LogP contribution in [0.15, 0.2) is 152 Å². The highest BCUT2D eigenvalue weighted by atomic mass is 16.5. The minimum Gasteiger partial charge on any atom is -0.489 e. The Morgan fingerprint density at radius 1 is 0.510 bits per heavy atom. The SMILES string of the molecule is CO[C@@H]1C(=O)c2c(OCc3ccccc3)cc(OCc3ccccc3)cc2O[C@@H]1c1ccc(OCc2ccccc2)c(OCc2ccccc2)c1. The Kier molecular flexibility index (Phi) is 10.6. The second-order valence-electron chi connectivity index (χ2n) is 12.2. The highest BCUT2D eigenvalue weighted by molar-refractivity contribution is 6.06. The number of ether oxygens (including phenoxy) is 6. The number of ketones is 1. The largest absolute Gasteiger partial charge is 0.489 e. The molecule has 6 aromatic rings. The molecule has 0 saturated carbocycles. The van der Waals surface area contributed by atoms with E-state index < -0.39 is 12.2 Å². The van der Waals surface area contributed by atoms with E-state index in [0.29, 0.717) is 59.7 Å². The molecule has 51 heavy (non-hydrogen) atoms. The van der Waals surface area contributed by atoms with Crippen LogP contribution in [-0.4, -0.2) is 19.0 Å². The van der Waals surface area contributed by atoms with Crippen LogP contribution in [0, 0.1) is 0 Å². The van der Waals surface area contributed by atoms with E-state index in [0.717, 1.165) is 22.3 Å².